The first kappa shape index (κ1) is 24.7. The van der Waals surface area contributed by atoms with Gasteiger partial charge in [-0.3, -0.25) is 0 Å². The summed E-state index contributed by atoms with van der Waals surface area (Å²) in [7, 11) is 0. The molecule has 0 unspecified atom stereocenters. The maximum absolute atomic E-state index is 5.08. The molecule has 0 aliphatic heterocycles. The second-order valence-electron chi connectivity index (χ2n) is 11.6. The van der Waals surface area contributed by atoms with Crippen molar-refractivity contribution < 1.29 is 0 Å². The average molecular weight is 590 g/mol. The van der Waals surface area contributed by atoms with E-state index in [2.05, 4.69) is 121 Å². The molecular weight excluding hydrogens is 567 g/mol. The molecular formula is C41H23N3S. The molecule has 2 aromatic heterocycles. The van der Waals surface area contributed by atoms with Crippen LogP contribution < -0.4 is 0 Å². The monoisotopic (exact) mass is 589 g/mol. The molecule has 45 heavy (non-hydrogen) atoms. The van der Waals surface area contributed by atoms with Gasteiger partial charge >= 0.3 is 0 Å². The molecule has 0 saturated carbocycles. The minimum atomic E-state index is 0.669. The highest BCUT2D eigenvalue weighted by atomic mass is 32.1. The number of thiophene rings is 1. The summed E-state index contributed by atoms with van der Waals surface area (Å²) in [6.07, 6.45) is 0. The van der Waals surface area contributed by atoms with Crippen LogP contribution in [0.25, 0.3) is 98.1 Å². The van der Waals surface area contributed by atoms with Crippen LogP contribution in [0.5, 0.6) is 0 Å². The van der Waals surface area contributed by atoms with Crippen molar-refractivity contribution in [1.29, 1.82) is 0 Å². The maximum atomic E-state index is 5.08. The van der Waals surface area contributed by atoms with Crippen LogP contribution in [0, 0.1) is 0 Å². The van der Waals surface area contributed by atoms with Gasteiger partial charge in [0.15, 0.2) is 17.5 Å². The Morgan fingerprint density at radius 3 is 1.84 bits per heavy atom. The summed E-state index contributed by atoms with van der Waals surface area (Å²) in [4.78, 5) is 15.1. The van der Waals surface area contributed by atoms with Crippen molar-refractivity contribution in [1.82, 2.24) is 15.0 Å². The van der Waals surface area contributed by atoms with Crippen LogP contribution in [0.1, 0.15) is 0 Å². The largest absolute Gasteiger partial charge is 0.208 e. The van der Waals surface area contributed by atoms with E-state index in [-0.39, 0.29) is 0 Å². The van der Waals surface area contributed by atoms with Gasteiger partial charge in [0, 0.05) is 42.2 Å². The summed E-state index contributed by atoms with van der Waals surface area (Å²) >= 11 is 1.87. The number of fused-ring (bicyclic) bond motifs is 8. The quantitative estimate of drug-likeness (QED) is 0.206. The minimum absolute atomic E-state index is 0.669. The van der Waals surface area contributed by atoms with E-state index in [0.29, 0.717) is 17.5 Å². The van der Waals surface area contributed by atoms with Gasteiger partial charge in [-0.15, -0.1) is 11.3 Å². The third-order valence-electron chi connectivity index (χ3n) is 9.03. The third-order valence-corrected chi connectivity index (χ3v) is 10.3. The zero-order valence-electron chi connectivity index (χ0n) is 24.0. The van der Waals surface area contributed by atoms with Crippen LogP contribution in [-0.4, -0.2) is 15.0 Å². The Morgan fingerprint density at radius 2 is 1.02 bits per heavy atom. The fourth-order valence-corrected chi connectivity index (χ4v) is 8.11. The van der Waals surface area contributed by atoms with Gasteiger partial charge in [-0.25, -0.2) is 15.0 Å². The summed E-state index contributed by atoms with van der Waals surface area (Å²) < 4.78 is 2.59. The molecule has 0 saturated heterocycles. The SMILES string of the molecule is c1ccc(-c2nc(-c3ccc4ccccc4c3)nc(-c3ccc4sc5c6cccc7c6c(cc5c4c3)-c3ccccc3-7)n2)cc1. The van der Waals surface area contributed by atoms with Crippen molar-refractivity contribution >= 4 is 53.1 Å². The number of nitrogens with zero attached hydrogens (tertiary/aromatic N) is 3. The molecule has 9 aromatic rings. The normalized spacial score (nSPS) is 12.0. The van der Waals surface area contributed by atoms with Crippen molar-refractivity contribution in [2.45, 2.75) is 0 Å². The lowest BCUT2D eigenvalue weighted by molar-refractivity contribution is 1.08. The van der Waals surface area contributed by atoms with E-state index >= 15 is 0 Å². The molecule has 0 atom stereocenters. The number of hydrogen-bond acceptors (Lipinski definition) is 4. The van der Waals surface area contributed by atoms with Gasteiger partial charge in [0.25, 0.3) is 0 Å². The predicted molar refractivity (Wildman–Crippen MR) is 188 cm³/mol. The fourth-order valence-electron chi connectivity index (χ4n) is 6.92. The molecule has 1 aliphatic carbocycles. The topological polar surface area (TPSA) is 38.7 Å². The van der Waals surface area contributed by atoms with E-state index in [9.17, 15) is 0 Å². The van der Waals surface area contributed by atoms with Gasteiger partial charge in [0.05, 0.1) is 0 Å². The van der Waals surface area contributed by atoms with E-state index in [0.717, 1.165) is 22.1 Å². The van der Waals surface area contributed by atoms with Crippen molar-refractivity contribution in [3.05, 3.63) is 140 Å². The molecule has 0 radical (unpaired) electrons. The Morgan fingerprint density at radius 1 is 0.378 bits per heavy atom. The van der Waals surface area contributed by atoms with E-state index in [1.807, 2.05) is 29.5 Å². The molecule has 7 aromatic carbocycles. The van der Waals surface area contributed by atoms with Crippen molar-refractivity contribution in [3.63, 3.8) is 0 Å². The van der Waals surface area contributed by atoms with E-state index < -0.39 is 0 Å². The molecule has 0 spiro atoms. The van der Waals surface area contributed by atoms with Crippen LogP contribution in [0.2, 0.25) is 0 Å². The van der Waals surface area contributed by atoms with Crippen LogP contribution in [0.3, 0.4) is 0 Å². The Balaban J connectivity index is 1.20. The lowest BCUT2D eigenvalue weighted by Crippen LogP contribution is -2.00. The summed E-state index contributed by atoms with van der Waals surface area (Å²) in [6.45, 7) is 0. The van der Waals surface area contributed by atoms with E-state index in [1.54, 1.807) is 0 Å². The Kier molecular flexibility index (Phi) is 5.16. The zero-order valence-corrected chi connectivity index (χ0v) is 24.8. The molecule has 2 heterocycles. The fraction of sp³-hybridized carbons (Fsp3) is 0. The highest BCUT2D eigenvalue weighted by Crippen LogP contribution is 2.51. The van der Waals surface area contributed by atoms with Crippen LogP contribution in [0.15, 0.2) is 140 Å². The highest BCUT2D eigenvalue weighted by molar-refractivity contribution is 7.26. The predicted octanol–water partition coefficient (Wildman–Crippen LogP) is 11.2. The second kappa shape index (κ2) is 9.39. The number of benzene rings is 7. The first-order valence-electron chi connectivity index (χ1n) is 15.1. The van der Waals surface area contributed by atoms with Crippen molar-refractivity contribution in [3.8, 4) is 56.4 Å². The Bertz CT molecular complexity index is 2650. The van der Waals surface area contributed by atoms with Gasteiger partial charge in [-0.2, -0.15) is 0 Å². The molecule has 0 fully saturated rings. The number of hydrogen-bond donors (Lipinski definition) is 0. The second-order valence-corrected chi connectivity index (χ2v) is 12.7. The lowest BCUT2D eigenvalue weighted by atomic mass is 9.99. The number of aromatic nitrogens is 3. The van der Waals surface area contributed by atoms with Crippen LogP contribution >= 0.6 is 11.3 Å². The Labute approximate surface area is 263 Å². The first-order valence-corrected chi connectivity index (χ1v) is 15.9. The molecule has 1 aliphatic rings. The van der Waals surface area contributed by atoms with Crippen molar-refractivity contribution in [2.75, 3.05) is 0 Å². The molecule has 208 valence electrons. The average Bonchev–Trinajstić information content (AvgIpc) is 3.65. The molecule has 10 rings (SSSR count). The highest BCUT2D eigenvalue weighted by Gasteiger charge is 2.24. The molecule has 0 amide bonds. The van der Waals surface area contributed by atoms with Crippen LogP contribution in [0.4, 0.5) is 0 Å². The minimum Gasteiger partial charge on any atom is -0.208 e. The summed E-state index contributed by atoms with van der Waals surface area (Å²) in [6, 6.07) is 49.5. The van der Waals surface area contributed by atoms with Crippen molar-refractivity contribution in [2.24, 2.45) is 0 Å². The standard InChI is InChI=1S/C41H23N3S/c1-2-10-25(11-3-1)39-42-40(27-18-17-24-9-4-5-12-26(24)21-27)44-41(43-39)28-19-20-36-33(22-28)35-23-34-30-14-7-6-13-29(30)31-15-8-16-32(37(31)34)38(35)45-36/h1-23H. The summed E-state index contributed by atoms with van der Waals surface area (Å²) in [5.41, 5.74) is 8.20. The summed E-state index contributed by atoms with van der Waals surface area (Å²) in [5.74, 6) is 2.01. The smallest absolute Gasteiger partial charge is 0.164 e. The van der Waals surface area contributed by atoms with Gasteiger partial charge in [0.2, 0.25) is 0 Å². The van der Waals surface area contributed by atoms with Gasteiger partial charge in [-0.1, -0.05) is 109 Å². The molecule has 0 bridgehead atoms. The van der Waals surface area contributed by atoms with E-state index in [1.165, 1.54) is 58.6 Å². The zero-order chi connectivity index (χ0) is 29.5. The van der Waals surface area contributed by atoms with Crippen LogP contribution in [-0.2, 0) is 0 Å². The van der Waals surface area contributed by atoms with Gasteiger partial charge < -0.3 is 0 Å². The summed E-state index contributed by atoms with van der Waals surface area (Å²) in [5, 5.41) is 7.55. The maximum Gasteiger partial charge on any atom is 0.164 e. The van der Waals surface area contributed by atoms with Gasteiger partial charge in [-0.05, 0) is 68.7 Å². The van der Waals surface area contributed by atoms with E-state index in [4.69, 9.17) is 15.0 Å². The molecule has 4 heteroatoms. The Hall–Kier alpha value is -5.71. The third kappa shape index (κ3) is 3.73. The molecule has 3 nitrogen and oxygen atoms in total. The lowest BCUT2D eigenvalue weighted by Gasteiger charge is -2.09. The van der Waals surface area contributed by atoms with Gasteiger partial charge in [0.1, 0.15) is 0 Å². The molecule has 0 N–H and O–H groups in total. The number of rotatable bonds is 3. The first-order chi connectivity index (χ1) is 22.3.